The topological polar surface area (TPSA) is 42.7 Å². The number of hydrogen-bond acceptors (Lipinski definition) is 3. The third kappa shape index (κ3) is 2.40. The van der Waals surface area contributed by atoms with Crippen LogP contribution in [0.25, 0.3) is 5.69 Å². The predicted octanol–water partition coefficient (Wildman–Crippen LogP) is 2.72. The van der Waals surface area contributed by atoms with E-state index in [2.05, 4.69) is 27.8 Å². The van der Waals surface area contributed by atoms with Crippen molar-refractivity contribution in [2.24, 2.45) is 5.92 Å². The lowest BCUT2D eigenvalue weighted by Gasteiger charge is -2.23. The third-order valence-electron chi connectivity index (χ3n) is 4.08. The maximum Gasteiger partial charge on any atom is 0.0817 e. The van der Waals surface area contributed by atoms with Gasteiger partial charge < -0.3 is 5.32 Å². The Morgan fingerprint density at radius 1 is 1.21 bits per heavy atom. The smallest absolute Gasteiger partial charge is 0.0817 e. The van der Waals surface area contributed by atoms with Gasteiger partial charge in [0.15, 0.2) is 0 Å². The summed E-state index contributed by atoms with van der Waals surface area (Å²) in [4.78, 5) is 0. The fraction of sp³-hybridized carbons (Fsp3) is 0.467. The standard InChI is InChI=1S/C15H20N4/c1-16-15(12-7-5-6-8-12)14-11-17-18-19(14)13-9-3-2-4-10-13/h2-4,9-12,15-16H,5-8H2,1H3. The average Bonchev–Trinajstić information content (AvgIpc) is 3.12. The fourth-order valence-electron chi connectivity index (χ4n) is 3.14. The fourth-order valence-corrected chi connectivity index (χ4v) is 3.14. The van der Waals surface area contributed by atoms with Crippen LogP contribution in [0.15, 0.2) is 36.5 Å². The summed E-state index contributed by atoms with van der Waals surface area (Å²) in [6, 6.07) is 10.6. The molecule has 0 radical (unpaired) electrons. The second kappa shape index (κ2) is 5.53. The average molecular weight is 256 g/mol. The number of nitrogens with zero attached hydrogens (tertiary/aromatic N) is 3. The maximum atomic E-state index is 4.25. The minimum absolute atomic E-state index is 0.345. The minimum Gasteiger partial charge on any atom is -0.311 e. The SMILES string of the molecule is CNC(c1cnnn1-c1ccccc1)C1CCCC1. The zero-order valence-electron chi connectivity index (χ0n) is 11.3. The number of aromatic nitrogens is 3. The zero-order chi connectivity index (χ0) is 13.1. The first-order valence-corrected chi connectivity index (χ1v) is 7.03. The first kappa shape index (κ1) is 12.4. The highest BCUT2D eigenvalue weighted by molar-refractivity contribution is 5.32. The van der Waals surface area contributed by atoms with E-state index in [9.17, 15) is 0 Å². The molecule has 1 aromatic heterocycles. The Hall–Kier alpha value is -1.68. The molecule has 0 bridgehead atoms. The molecule has 4 nitrogen and oxygen atoms in total. The van der Waals surface area contributed by atoms with E-state index in [1.807, 2.05) is 36.1 Å². The van der Waals surface area contributed by atoms with Gasteiger partial charge >= 0.3 is 0 Å². The minimum atomic E-state index is 0.345. The summed E-state index contributed by atoms with van der Waals surface area (Å²) in [6.45, 7) is 0. The van der Waals surface area contributed by atoms with Crippen LogP contribution < -0.4 is 5.32 Å². The van der Waals surface area contributed by atoms with Gasteiger partial charge in [-0.2, -0.15) is 0 Å². The van der Waals surface area contributed by atoms with E-state index in [4.69, 9.17) is 0 Å². The van der Waals surface area contributed by atoms with E-state index in [0.29, 0.717) is 12.0 Å². The lowest BCUT2D eigenvalue weighted by molar-refractivity contribution is 0.376. The molecule has 4 heteroatoms. The molecule has 1 aliphatic carbocycles. The van der Waals surface area contributed by atoms with E-state index in [1.54, 1.807) is 0 Å². The predicted molar refractivity (Wildman–Crippen MR) is 75.1 cm³/mol. The highest BCUT2D eigenvalue weighted by Gasteiger charge is 2.28. The Morgan fingerprint density at radius 3 is 2.63 bits per heavy atom. The number of benzene rings is 1. The molecule has 1 unspecified atom stereocenters. The molecule has 1 heterocycles. The van der Waals surface area contributed by atoms with Gasteiger partial charge in [0.1, 0.15) is 0 Å². The van der Waals surface area contributed by atoms with Crippen molar-refractivity contribution in [3.05, 3.63) is 42.2 Å². The number of para-hydroxylation sites is 1. The van der Waals surface area contributed by atoms with Crippen LogP contribution in [0.3, 0.4) is 0 Å². The van der Waals surface area contributed by atoms with E-state index in [0.717, 1.165) is 5.69 Å². The molecule has 0 spiro atoms. The number of hydrogen-bond donors (Lipinski definition) is 1. The van der Waals surface area contributed by atoms with E-state index in [1.165, 1.54) is 31.4 Å². The van der Waals surface area contributed by atoms with Crippen LogP contribution in [0.4, 0.5) is 0 Å². The molecule has 0 aliphatic heterocycles. The van der Waals surface area contributed by atoms with Crippen LogP contribution in [0.1, 0.15) is 37.4 Å². The Morgan fingerprint density at radius 2 is 1.95 bits per heavy atom. The van der Waals surface area contributed by atoms with Crippen LogP contribution in [-0.4, -0.2) is 22.0 Å². The quantitative estimate of drug-likeness (QED) is 0.914. The van der Waals surface area contributed by atoms with Crippen molar-refractivity contribution in [2.45, 2.75) is 31.7 Å². The summed E-state index contributed by atoms with van der Waals surface area (Å²) < 4.78 is 1.96. The second-order valence-corrected chi connectivity index (χ2v) is 5.22. The van der Waals surface area contributed by atoms with Gasteiger partial charge in [-0.3, -0.25) is 0 Å². The first-order valence-electron chi connectivity index (χ1n) is 7.03. The monoisotopic (exact) mass is 256 g/mol. The Balaban J connectivity index is 1.94. The highest BCUT2D eigenvalue weighted by Crippen LogP contribution is 2.35. The molecular weight excluding hydrogens is 236 g/mol. The van der Waals surface area contributed by atoms with Gasteiger partial charge in [-0.15, -0.1) is 5.10 Å². The van der Waals surface area contributed by atoms with Gasteiger partial charge in [0.05, 0.1) is 23.6 Å². The Bertz CT molecular complexity index is 514. The summed E-state index contributed by atoms with van der Waals surface area (Å²) in [5.74, 6) is 0.700. The Labute approximate surface area is 113 Å². The lowest BCUT2D eigenvalue weighted by atomic mass is 9.95. The highest BCUT2D eigenvalue weighted by atomic mass is 15.4. The Kier molecular flexibility index (Phi) is 3.60. The van der Waals surface area contributed by atoms with Crippen molar-refractivity contribution in [1.82, 2.24) is 20.3 Å². The van der Waals surface area contributed by atoms with Gasteiger partial charge in [-0.05, 0) is 37.9 Å². The molecule has 19 heavy (non-hydrogen) atoms. The normalized spacial score (nSPS) is 17.7. The summed E-state index contributed by atoms with van der Waals surface area (Å²) >= 11 is 0. The third-order valence-corrected chi connectivity index (χ3v) is 4.08. The summed E-state index contributed by atoms with van der Waals surface area (Å²) in [7, 11) is 2.03. The van der Waals surface area contributed by atoms with Crippen molar-refractivity contribution >= 4 is 0 Å². The van der Waals surface area contributed by atoms with Gasteiger partial charge in [-0.1, -0.05) is 36.3 Å². The van der Waals surface area contributed by atoms with Gasteiger partial charge in [0, 0.05) is 0 Å². The molecule has 1 aliphatic rings. The molecule has 100 valence electrons. The molecule has 1 aromatic carbocycles. The molecule has 2 aromatic rings. The molecule has 0 amide bonds. The summed E-state index contributed by atoms with van der Waals surface area (Å²) in [6.07, 6.45) is 7.18. The molecule has 1 fully saturated rings. The molecule has 1 atom stereocenters. The largest absolute Gasteiger partial charge is 0.311 e. The lowest BCUT2D eigenvalue weighted by Crippen LogP contribution is -2.26. The van der Waals surface area contributed by atoms with Crippen LogP contribution in [0.5, 0.6) is 0 Å². The van der Waals surface area contributed by atoms with Crippen LogP contribution >= 0.6 is 0 Å². The van der Waals surface area contributed by atoms with Gasteiger partial charge in [0.2, 0.25) is 0 Å². The van der Waals surface area contributed by atoms with Crippen molar-refractivity contribution in [3.63, 3.8) is 0 Å². The van der Waals surface area contributed by atoms with Gasteiger partial charge in [0.25, 0.3) is 0 Å². The van der Waals surface area contributed by atoms with Crippen LogP contribution in [-0.2, 0) is 0 Å². The molecule has 1 N–H and O–H groups in total. The van der Waals surface area contributed by atoms with E-state index < -0.39 is 0 Å². The first-order chi connectivity index (χ1) is 9.40. The molecule has 1 saturated carbocycles. The molecule has 3 rings (SSSR count). The zero-order valence-corrected chi connectivity index (χ0v) is 11.3. The second-order valence-electron chi connectivity index (χ2n) is 5.22. The number of nitrogens with one attached hydrogen (secondary N) is 1. The van der Waals surface area contributed by atoms with Crippen LogP contribution in [0.2, 0.25) is 0 Å². The van der Waals surface area contributed by atoms with E-state index >= 15 is 0 Å². The molecule has 0 saturated heterocycles. The summed E-state index contributed by atoms with van der Waals surface area (Å²) in [5, 5.41) is 11.8. The van der Waals surface area contributed by atoms with Crippen molar-refractivity contribution in [1.29, 1.82) is 0 Å². The van der Waals surface area contributed by atoms with Crippen molar-refractivity contribution < 1.29 is 0 Å². The van der Waals surface area contributed by atoms with Crippen molar-refractivity contribution in [3.8, 4) is 5.69 Å². The number of rotatable bonds is 4. The maximum absolute atomic E-state index is 4.25. The van der Waals surface area contributed by atoms with Crippen LogP contribution in [0, 0.1) is 5.92 Å². The molecular formula is C15H20N4. The van der Waals surface area contributed by atoms with Crippen molar-refractivity contribution in [2.75, 3.05) is 7.05 Å². The van der Waals surface area contributed by atoms with Gasteiger partial charge in [-0.25, -0.2) is 4.68 Å². The van der Waals surface area contributed by atoms with E-state index in [-0.39, 0.29) is 0 Å². The summed E-state index contributed by atoms with van der Waals surface area (Å²) in [5.41, 5.74) is 2.24.